The molecule has 0 amide bonds. The monoisotopic (exact) mass is 138 g/mol. The molecular weight excluding hydrogens is 128 g/mol. The first-order valence-electron chi connectivity index (χ1n) is 3.42. The molecule has 0 aromatic heterocycles. The van der Waals surface area contributed by atoms with Crippen LogP contribution in [0, 0.1) is 0 Å². The number of hydrogen-bond acceptors (Lipinski definition) is 4. The lowest BCUT2D eigenvalue weighted by Gasteiger charge is -2.24. The Morgan fingerprint density at radius 1 is 1.20 bits per heavy atom. The average Bonchev–Trinajstić information content (AvgIpc) is 2.05. The van der Waals surface area contributed by atoms with Crippen LogP contribution in [-0.4, -0.2) is 26.0 Å². The van der Waals surface area contributed by atoms with Crippen LogP contribution in [0.25, 0.3) is 0 Å². The van der Waals surface area contributed by atoms with Crippen molar-refractivity contribution in [1.82, 2.24) is 16.0 Å². The number of rotatable bonds is 0. The van der Waals surface area contributed by atoms with Gasteiger partial charge in [0.2, 0.25) is 0 Å². The first kappa shape index (κ1) is 5.58. The van der Waals surface area contributed by atoms with Crippen molar-refractivity contribution in [3.63, 3.8) is 0 Å². The predicted octanol–water partition coefficient (Wildman–Crippen LogP) is -1.02. The first-order valence-corrected chi connectivity index (χ1v) is 3.42. The molecule has 0 spiro atoms. The van der Waals surface area contributed by atoms with Crippen LogP contribution in [0.5, 0.6) is 0 Å². The number of nitrogens with one attached hydrogen (secondary N) is 3. The molecule has 0 aliphatic carbocycles. The SMILES string of the molecule is C1=NCNC2=C1NCCN2. The summed E-state index contributed by atoms with van der Waals surface area (Å²) in [5.41, 5.74) is 1.08. The van der Waals surface area contributed by atoms with E-state index in [0.717, 1.165) is 24.6 Å². The molecule has 4 heteroatoms. The van der Waals surface area contributed by atoms with Crippen molar-refractivity contribution in [1.29, 1.82) is 0 Å². The third kappa shape index (κ3) is 0.814. The molecule has 3 N–H and O–H groups in total. The molecule has 10 heavy (non-hydrogen) atoms. The largest absolute Gasteiger partial charge is 0.379 e. The van der Waals surface area contributed by atoms with Crippen molar-refractivity contribution in [2.24, 2.45) is 4.99 Å². The van der Waals surface area contributed by atoms with Gasteiger partial charge in [-0.2, -0.15) is 0 Å². The summed E-state index contributed by atoms with van der Waals surface area (Å²) in [7, 11) is 0. The van der Waals surface area contributed by atoms with Crippen LogP contribution >= 0.6 is 0 Å². The van der Waals surface area contributed by atoms with Crippen molar-refractivity contribution in [2.45, 2.75) is 0 Å². The Labute approximate surface area is 59.4 Å². The zero-order valence-corrected chi connectivity index (χ0v) is 5.65. The molecule has 0 aromatic carbocycles. The van der Waals surface area contributed by atoms with Gasteiger partial charge in [-0.25, -0.2) is 0 Å². The fraction of sp³-hybridized carbons (Fsp3) is 0.500. The molecule has 2 rings (SSSR count). The molecule has 4 nitrogen and oxygen atoms in total. The van der Waals surface area contributed by atoms with Crippen LogP contribution in [0.4, 0.5) is 0 Å². The highest BCUT2D eigenvalue weighted by molar-refractivity contribution is 5.79. The molecule has 0 radical (unpaired) electrons. The van der Waals surface area contributed by atoms with Gasteiger partial charge in [-0.05, 0) is 0 Å². The van der Waals surface area contributed by atoms with E-state index in [9.17, 15) is 0 Å². The number of hydrogen-bond donors (Lipinski definition) is 3. The highest BCUT2D eigenvalue weighted by Gasteiger charge is 2.10. The van der Waals surface area contributed by atoms with Gasteiger partial charge in [-0.15, -0.1) is 0 Å². The molecule has 0 unspecified atom stereocenters. The van der Waals surface area contributed by atoms with Gasteiger partial charge in [0.1, 0.15) is 12.5 Å². The smallest absolute Gasteiger partial charge is 0.126 e. The normalized spacial score (nSPS) is 22.4. The molecule has 0 aromatic rings. The molecule has 0 saturated heterocycles. The van der Waals surface area contributed by atoms with E-state index in [1.165, 1.54) is 0 Å². The highest BCUT2D eigenvalue weighted by Crippen LogP contribution is 1.99. The first-order chi connectivity index (χ1) is 4.97. The Bertz CT molecular complexity index is 194. The molecule has 54 valence electrons. The van der Waals surface area contributed by atoms with Crippen molar-refractivity contribution in [2.75, 3.05) is 19.8 Å². The van der Waals surface area contributed by atoms with E-state index >= 15 is 0 Å². The lowest BCUT2D eigenvalue weighted by atomic mass is 10.3. The van der Waals surface area contributed by atoms with Crippen LogP contribution in [0.3, 0.4) is 0 Å². The van der Waals surface area contributed by atoms with Gasteiger partial charge in [0.25, 0.3) is 0 Å². The summed E-state index contributed by atoms with van der Waals surface area (Å²) < 4.78 is 0. The fourth-order valence-electron chi connectivity index (χ4n) is 1.10. The Balaban J connectivity index is 2.23. The van der Waals surface area contributed by atoms with Gasteiger partial charge < -0.3 is 16.0 Å². The lowest BCUT2D eigenvalue weighted by molar-refractivity contribution is 0.599. The maximum absolute atomic E-state index is 4.06. The minimum atomic E-state index is 0.688. The summed E-state index contributed by atoms with van der Waals surface area (Å²) >= 11 is 0. The number of nitrogens with zero attached hydrogens (tertiary/aromatic N) is 1. The van der Waals surface area contributed by atoms with E-state index in [-0.39, 0.29) is 0 Å². The summed E-state index contributed by atoms with van der Waals surface area (Å²) in [6.45, 7) is 2.65. The van der Waals surface area contributed by atoms with Crippen LogP contribution in [0.1, 0.15) is 0 Å². The van der Waals surface area contributed by atoms with E-state index in [1.54, 1.807) is 0 Å². The maximum atomic E-state index is 4.06. The molecule has 2 aliphatic rings. The van der Waals surface area contributed by atoms with Gasteiger partial charge in [0.05, 0.1) is 11.9 Å². The van der Waals surface area contributed by atoms with Gasteiger partial charge in [-0.1, -0.05) is 0 Å². The van der Waals surface area contributed by atoms with Crippen LogP contribution < -0.4 is 16.0 Å². The van der Waals surface area contributed by atoms with E-state index in [1.807, 2.05) is 6.21 Å². The Kier molecular flexibility index (Phi) is 1.23. The minimum absolute atomic E-state index is 0.688. The van der Waals surface area contributed by atoms with Gasteiger partial charge >= 0.3 is 0 Å². The van der Waals surface area contributed by atoms with E-state index in [2.05, 4.69) is 20.9 Å². The maximum Gasteiger partial charge on any atom is 0.126 e. The topological polar surface area (TPSA) is 48.5 Å². The molecule has 2 aliphatic heterocycles. The number of allylic oxidation sites excluding steroid dienone is 1. The second-order valence-corrected chi connectivity index (χ2v) is 2.29. The zero-order chi connectivity index (χ0) is 6.81. The molecule has 0 atom stereocenters. The van der Waals surface area contributed by atoms with Crippen molar-refractivity contribution < 1.29 is 0 Å². The fourth-order valence-corrected chi connectivity index (χ4v) is 1.10. The number of aliphatic imine (C=N–C) groups is 1. The Morgan fingerprint density at radius 2 is 2.10 bits per heavy atom. The van der Waals surface area contributed by atoms with Crippen LogP contribution in [0.15, 0.2) is 16.5 Å². The predicted molar refractivity (Wildman–Crippen MR) is 39.5 cm³/mol. The van der Waals surface area contributed by atoms with E-state index in [4.69, 9.17) is 0 Å². The summed E-state index contributed by atoms with van der Waals surface area (Å²) in [4.78, 5) is 4.06. The molecular formula is C6H10N4. The van der Waals surface area contributed by atoms with Gasteiger partial charge in [0.15, 0.2) is 0 Å². The average molecular weight is 138 g/mol. The van der Waals surface area contributed by atoms with Gasteiger partial charge in [0, 0.05) is 13.1 Å². The summed E-state index contributed by atoms with van der Waals surface area (Å²) in [5, 5.41) is 9.59. The third-order valence-electron chi connectivity index (χ3n) is 1.58. The van der Waals surface area contributed by atoms with E-state index in [0.29, 0.717) is 6.67 Å². The Morgan fingerprint density at radius 3 is 3.00 bits per heavy atom. The summed E-state index contributed by atoms with van der Waals surface area (Å²) in [5.74, 6) is 1.08. The minimum Gasteiger partial charge on any atom is -0.379 e. The van der Waals surface area contributed by atoms with Crippen molar-refractivity contribution in [3.8, 4) is 0 Å². The van der Waals surface area contributed by atoms with Crippen molar-refractivity contribution in [3.05, 3.63) is 11.5 Å². The summed E-state index contributed by atoms with van der Waals surface area (Å²) in [6.07, 6.45) is 1.86. The van der Waals surface area contributed by atoms with E-state index < -0.39 is 0 Å². The lowest BCUT2D eigenvalue weighted by Crippen LogP contribution is -2.43. The second-order valence-electron chi connectivity index (χ2n) is 2.29. The zero-order valence-electron chi connectivity index (χ0n) is 5.65. The molecule has 2 heterocycles. The van der Waals surface area contributed by atoms with Gasteiger partial charge in [-0.3, -0.25) is 4.99 Å². The standard InChI is InChI=1S/C6H10N4/c1-2-9-6-5(8-1)3-7-4-10-6/h3,8-10H,1-2,4H2. The highest BCUT2D eigenvalue weighted by atomic mass is 15.2. The van der Waals surface area contributed by atoms with Crippen molar-refractivity contribution >= 4 is 6.21 Å². The summed E-state index contributed by atoms with van der Waals surface area (Å²) in [6, 6.07) is 0. The second kappa shape index (κ2) is 2.21. The molecule has 0 fully saturated rings. The quantitative estimate of drug-likeness (QED) is 0.401. The molecule has 0 saturated carbocycles. The van der Waals surface area contributed by atoms with Crippen LogP contribution in [0.2, 0.25) is 0 Å². The molecule has 0 bridgehead atoms. The third-order valence-corrected chi connectivity index (χ3v) is 1.58. The Hall–Kier alpha value is -1.19. The van der Waals surface area contributed by atoms with Crippen LogP contribution in [-0.2, 0) is 0 Å².